The third-order valence-corrected chi connectivity index (χ3v) is 2.52. The van der Waals surface area contributed by atoms with Crippen LogP contribution in [0.3, 0.4) is 0 Å². The van der Waals surface area contributed by atoms with Crippen molar-refractivity contribution in [3.63, 3.8) is 0 Å². The Morgan fingerprint density at radius 1 is 0.882 bits per heavy atom. The molecule has 2 rings (SSSR count). The van der Waals surface area contributed by atoms with Gasteiger partial charge in [0.2, 0.25) is 0 Å². The van der Waals surface area contributed by atoms with Crippen molar-refractivity contribution in [2.75, 3.05) is 0 Å². The molecule has 0 fully saturated rings. The molecule has 0 amide bonds. The molecular weight excluding hydrogens is 253 g/mol. The van der Waals surface area contributed by atoms with E-state index in [1.54, 1.807) is 18.5 Å². The molecule has 17 heavy (non-hydrogen) atoms. The number of hydrogen-bond donors (Lipinski definition) is 0. The number of halogens is 2. The Bertz CT molecular complexity index is 467. The minimum Gasteiger partial charge on any atom is -0.264 e. The van der Waals surface area contributed by atoms with Crippen molar-refractivity contribution in [2.24, 2.45) is 0 Å². The Morgan fingerprint density at radius 3 is 2.06 bits per heavy atom. The van der Waals surface area contributed by atoms with Crippen LogP contribution in [0.25, 0.3) is 10.8 Å². The van der Waals surface area contributed by atoms with Gasteiger partial charge in [-0.1, -0.05) is 50.9 Å². The van der Waals surface area contributed by atoms with E-state index in [1.165, 1.54) is 0 Å². The molecule has 0 N–H and O–H groups in total. The van der Waals surface area contributed by atoms with Crippen LogP contribution in [0.15, 0.2) is 24.5 Å². The zero-order valence-electron chi connectivity index (χ0n) is 11.0. The second-order valence-corrected chi connectivity index (χ2v) is 3.78. The predicted octanol–water partition coefficient (Wildman–Crippen LogP) is 5.90. The van der Waals surface area contributed by atoms with E-state index in [2.05, 4.69) is 4.98 Å². The fourth-order valence-corrected chi connectivity index (χ4v) is 1.88. The summed E-state index contributed by atoms with van der Waals surface area (Å²) < 4.78 is 0. The largest absolute Gasteiger partial charge is 0.264 e. The Morgan fingerprint density at radius 2 is 1.47 bits per heavy atom. The van der Waals surface area contributed by atoms with Crippen LogP contribution in [0, 0.1) is 6.92 Å². The number of hydrogen-bond acceptors (Lipinski definition) is 1. The van der Waals surface area contributed by atoms with Crippen LogP contribution >= 0.6 is 23.2 Å². The lowest BCUT2D eigenvalue weighted by Gasteiger charge is -2.03. The summed E-state index contributed by atoms with van der Waals surface area (Å²) in [5, 5.41) is 3.32. The molecule has 1 heterocycles. The van der Waals surface area contributed by atoms with E-state index in [1.807, 2.05) is 40.7 Å². The van der Waals surface area contributed by atoms with Crippen molar-refractivity contribution in [1.29, 1.82) is 0 Å². The molecule has 0 saturated carbocycles. The first-order chi connectivity index (χ1) is 8.18. The van der Waals surface area contributed by atoms with E-state index in [0.29, 0.717) is 10.0 Å². The van der Waals surface area contributed by atoms with Gasteiger partial charge in [-0.25, -0.2) is 0 Å². The molecular formula is C14H19Cl2N. The standard InChI is InChI=1S/C10H7Cl2N.2C2H6/c1-6-4-13-5-9-8(6)2-7(11)3-10(9)12;2*1-2/h2-5H,1H3;2*1-2H3. The van der Waals surface area contributed by atoms with Crippen molar-refractivity contribution < 1.29 is 0 Å². The van der Waals surface area contributed by atoms with Gasteiger partial charge in [-0.05, 0) is 30.0 Å². The van der Waals surface area contributed by atoms with E-state index in [4.69, 9.17) is 23.2 Å². The maximum absolute atomic E-state index is 6.01. The first-order valence-corrected chi connectivity index (χ1v) is 6.63. The van der Waals surface area contributed by atoms with Gasteiger partial charge in [0.15, 0.2) is 0 Å². The average Bonchev–Trinajstić information content (AvgIpc) is 2.36. The van der Waals surface area contributed by atoms with Crippen molar-refractivity contribution in [1.82, 2.24) is 4.98 Å². The number of fused-ring (bicyclic) bond motifs is 1. The van der Waals surface area contributed by atoms with Crippen molar-refractivity contribution in [3.05, 3.63) is 40.1 Å². The number of benzene rings is 1. The van der Waals surface area contributed by atoms with E-state index in [0.717, 1.165) is 16.3 Å². The summed E-state index contributed by atoms with van der Waals surface area (Å²) in [6, 6.07) is 3.63. The van der Waals surface area contributed by atoms with Gasteiger partial charge in [-0.3, -0.25) is 4.98 Å². The summed E-state index contributed by atoms with van der Waals surface area (Å²) in [4.78, 5) is 4.08. The van der Waals surface area contributed by atoms with Crippen LogP contribution in [-0.4, -0.2) is 4.98 Å². The first-order valence-electron chi connectivity index (χ1n) is 5.88. The lowest BCUT2D eigenvalue weighted by Crippen LogP contribution is -1.82. The molecule has 0 saturated heterocycles. The number of aryl methyl sites for hydroxylation is 1. The number of rotatable bonds is 0. The fraction of sp³-hybridized carbons (Fsp3) is 0.357. The van der Waals surface area contributed by atoms with Crippen LogP contribution in [0.5, 0.6) is 0 Å². The highest BCUT2D eigenvalue weighted by molar-refractivity contribution is 6.38. The highest BCUT2D eigenvalue weighted by Crippen LogP contribution is 2.28. The fourth-order valence-electron chi connectivity index (χ4n) is 1.34. The molecule has 0 bridgehead atoms. The number of aromatic nitrogens is 1. The van der Waals surface area contributed by atoms with Gasteiger partial charge in [0, 0.05) is 22.8 Å². The lowest BCUT2D eigenvalue weighted by atomic mass is 10.1. The number of pyridine rings is 1. The van der Waals surface area contributed by atoms with Crippen LogP contribution < -0.4 is 0 Å². The Kier molecular flexibility index (Phi) is 7.94. The van der Waals surface area contributed by atoms with Gasteiger partial charge in [0.05, 0.1) is 5.02 Å². The lowest BCUT2D eigenvalue weighted by molar-refractivity contribution is 1.31. The van der Waals surface area contributed by atoms with Gasteiger partial charge in [0.25, 0.3) is 0 Å². The molecule has 0 aliphatic carbocycles. The molecule has 2 aromatic rings. The topological polar surface area (TPSA) is 12.9 Å². The molecule has 1 aromatic heterocycles. The molecule has 0 radical (unpaired) electrons. The summed E-state index contributed by atoms with van der Waals surface area (Å²) >= 11 is 11.9. The predicted molar refractivity (Wildman–Crippen MR) is 79.2 cm³/mol. The minimum atomic E-state index is 0.652. The first kappa shape index (κ1) is 16.2. The summed E-state index contributed by atoms with van der Waals surface area (Å²) in [5.74, 6) is 0. The maximum Gasteiger partial charge on any atom is 0.0514 e. The van der Waals surface area contributed by atoms with Crippen molar-refractivity contribution >= 4 is 34.0 Å². The van der Waals surface area contributed by atoms with Crippen LogP contribution in [0.4, 0.5) is 0 Å². The summed E-state index contributed by atoms with van der Waals surface area (Å²) in [7, 11) is 0. The summed E-state index contributed by atoms with van der Waals surface area (Å²) in [6.07, 6.45) is 3.55. The van der Waals surface area contributed by atoms with Gasteiger partial charge in [-0.2, -0.15) is 0 Å². The van der Waals surface area contributed by atoms with E-state index < -0.39 is 0 Å². The smallest absolute Gasteiger partial charge is 0.0514 e. The molecule has 94 valence electrons. The van der Waals surface area contributed by atoms with Gasteiger partial charge < -0.3 is 0 Å². The monoisotopic (exact) mass is 271 g/mol. The second-order valence-electron chi connectivity index (χ2n) is 2.94. The minimum absolute atomic E-state index is 0.652. The van der Waals surface area contributed by atoms with Crippen LogP contribution in [0.1, 0.15) is 33.3 Å². The van der Waals surface area contributed by atoms with E-state index in [9.17, 15) is 0 Å². The molecule has 0 aliphatic heterocycles. The zero-order valence-corrected chi connectivity index (χ0v) is 12.5. The third-order valence-electron chi connectivity index (χ3n) is 1.99. The summed E-state index contributed by atoms with van der Waals surface area (Å²) in [6.45, 7) is 9.99. The zero-order chi connectivity index (χ0) is 13.4. The molecule has 0 aliphatic rings. The molecule has 0 spiro atoms. The molecule has 1 aromatic carbocycles. The average molecular weight is 272 g/mol. The highest BCUT2D eigenvalue weighted by Gasteiger charge is 2.03. The second kappa shape index (κ2) is 8.32. The van der Waals surface area contributed by atoms with Gasteiger partial charge >= 0.3 is 0 Å². The van der Waals surface area contributed by atoms with Gasteiger partial charge in [-0.15, -0.1) is 0 Å². The van der Waals surface area contributed by atoms with E-state index in [-0.39, 0.29) is 0 Å². The Hall–Kier alpha value is -0.790. The molecule has 0 unspecified atom stereocenters. The quantitative estimate of drug-likeness (QED) is 0.581. The van der Waals surface area contributed by atoms with Gasteiger partial charge in [0.1, 0.15) is 0 Å². The molecule has 3 heteroatoms. The highest BCUT2D eigenvalue weighted by atomic mass is 35.5. The molecule has 1 nitrogen and oxygen atoms in total. The Labute approximate surface area is 114 Å². The SMILES string of the molecule is CC.CC.Cc1cncc2c(Cl)cc(Cl)cc12. The van der Waals surface area contributed by atoms with Crippen molar-refractivity contribution in [2.45, 2.75) is 34.6 Å². The van der Waals surface area contributed by atoms with Crippen LogP contribution in [0.2, 0.25) is 10.0 Å². The molecule has 0 atom stereocenters. The van der Waals surface area contributed by atoms with E-state index >= 15 is 0 Å². The third kappa shape index (κ3) is 4.18. The summed E-state index contributed by atoms with van der Waals surface area (Å²) in [5.41, 5.74) is 1.09. The van der Waals surface area contributed by atoms with Crippen molar-refractivity contribution in [3.8, 4) is 0 Å². The Balaban J connectivity index is 0.000000581. The van der Waals surface area contributed by atoms with Crippen LogP contribution in [-0.2, 0) is 0 Å². The number of nitrogens with zero attached hydrogens (tertiary/aromatic N) is 1. The maximum atomic E-state index is 6.01. The normalized spacial score (nSPS) is 8.88.